The Hall–Kier alpha value is -2.26. The molecule has 1 saturated carbocycles. The zero-order valence-corrected chi connectivity index (χ0v) is 12.8. The maximum Gasteiger partial charge on any atom is 0.184 e. The van der Waals surface area contributed by atoms with Crippen LogP contribution in [-0.2, 0) is 9.84 Å². The van der Waals surface area contributed by atoms with E-state index in [0.717, 1.165) is 12.8 Å². The van der Waals surface area contributed by atoms with Crippen LogP contribution in [0, 0.1) is 11.3 Å². The molecular weight excluding hydrogens is 298 g/mol. The van der Waals surface area contributed by atoms with Gasteiger partial charge in [0.2, 0.25) is 0 Å². The predicted octanol–water partition coefficient (Wildman–Crippen LogP) is 2.73. The molecule has 22 heavy (non-hydrogen) atoms. The SMILES string of the molecule is N#Cc1nc(-c2ccccn2)ccc1S(=O)(=O)C1CCCC1. The summed E-state index contributed by atoms with van der Waals surface area (Å²) in [6.07, 6.45) is 4.80. The van der Waals surface area contributed by atoms with Gasteiger partial charge in [0.05, 0.1) is 16.6 Å². The van der Waals surface area contributed by atoms with Crippen molar-refractivity contribution < 1.29 is 8.42 Å². The van der Waals surface area contributed by atoms with E-state index in [1.807, 2.05) is 12.1 Å². The Kier molecular flexibility index (Phi) is 3.90. The molecule has 0 saturated heterocycles. The smallest absolute Gasteiger partial charge is 0.184 e. The lowest BCUT2D eigenvalue weighted by Crippen LogP contribution is -2.19. The van der Waals surface area contributed by atoms with Crippen molar-refractivity contribution in [2.24, 2.45) is 0 Å². The van der Waals surface area contributed by atoms with Crippen molar-refractivity contribution in [3.8, 4) is 17.5 Å². The molecule has 5 nitrogen and oxygen atoms in total. The van der Waals surface area contributed by atoms with E-state index in [-0.39, 0.29) is 15.8 Å². The van der Waals surface area contributed by atoms with Crippen LogP contribution in [0.1, 0.15) is 31.4 Å². The van der Waals surface area contributed by atoms with Crippen LogP contribution in [0.15, 0.2) is 41.4 Å². The van der Waals surface area contributed by atoms with Crippen LogP contribution < -0.4 is 0 Å². The van der Waals surface area contributed by atoms with Crippen LogP contribution in [0.4, 0.5) is 0 Å². The summed E-state index contributed by atoms with van der Waals surface area (Å²) in [5.74, 6) is 0. The second kappa shape index (κ2) is 5.85. The average Bonchev–Trinajstić information content (AvgIpc) is 3.10. The van der Waals surface area contributed by atoms with Gasteiger partial charge >= 0.3 is 0 Å². The van der Waals surface area contributed by atoms with Gasteiger partial charge in [-0.05, 0) is 37.1 Å². The molecule has 1 aliphatic rings. The third-order valence-corrected chi connectivity index (χ3v) is 6.23. The van der Waals surface area contributed by atoms with Gasteiger partial charge in [0.1, 0.15) is 11.0 Å². The summed E-state index contributed by atoms with van der Waals surface area (Å²) in [5.41, 5.74) is 1.07. The summed E-state index contributed by atoms with van der Waals surface area (Å²) >= 11 is 0. The van der Waals surface area contributed by atoms with Gasteiger partial charge in [0.15, 0.2) is 15.5 Å². The van der Waals surface area contributed by atoms with Crippen molar-refractivity contribution >= 4 is 9.84 Å². The third kappa shape index (κ3) is 2.60. The van der Waals surface area contributed by atoms with E-state index in [2.05, 4.69) is 9.97 Å². The van der Waals surface area contributed by atoms with E-state index in [0.29, 0.717) is 24.2 Å². The molecule has 6 heteroatoms. The Balaban J connectivity index is 2.05. The molecule has 0 unspecified atom stereocenters. The van der Waals surface area contributed by atoms with Gasteiger partial charge in [0, 0.05) is 6.20 Å². The molecule has 0 atom stereocenters. The van der Waals surface area contributed by atoms with Crippen molar-refractivity contribution in [2.45, 2.75) is 35.8 Å². The number of nitrogens with zero attached hydrogens (tertiary/aromatic N) is 3. The highest BCUT2D eigenvalue weighted by atomic mass is 32.2. The van der Waals surface area contributed by atoms with Gasteiger partial charge in [-0.1, -0.05) is 18.9 Å². The molecule has 0 aliphatic heterocycles. The zero-order valence-electron chi connectivity index (χ0n) is 11.9. The minimum atomic E-state index is -3.49. The fourth-order valence-electron chi connectivity index (χ4n) is 2.79. The summed E-state index contributed by atoms with van der Waals surface area (Å²) in [6, 6.07) is 10.4. The molecule has 1 aliphatic carbocycles. The number of sulfone groups is 1. The summed E-state index contributed by atoms with van der Waals surface area (Å²) in [4.78, 5) is 8.41. The molecule has 0 spiro atoms. The number of pyridine rings is 2. The highest BCUT2D eigenvalue weighted by molar-refractivity contribution is 7.92. The zero-order chi connectivity index (χ0) is 15.6. The molecule has 112 valence electrons. The number of aromatic nitrogens is 2. The summed E-state index contributed by atoms with van der Waals surface area (Å²) < 4.78 is 25.3. The third-order valence-electron chi connectivity index (χ3n) is 3.94. The summed E-state index contributed by atoms with van der Waals surface area (Å²) in [7, 11) is -3.49. The Morgan fingerprint density at radius 2 is 1.86 bits per heavy atom. The van der Waals surface area contributed by atoms with Crippen molar-refractivity contribution in [2.75, 3.05) is 0 Å². The Morgan fingerprint density at radius 1 is 1.09 bits per heavy atom. The number of hydrogen-bond acceptors (Lipinski definition) is 5. The second-order valence-electron chi connectivity index (χ2n) is 5.32. The molecule has 3 rings (SSSR count). The van der Waals surface area contributed by atoms with Crippen LogP contribution in [-0.4, -0.2) is 23.6 Å². The van der Waals surface area contributed by atoms with E-state index < -0.39 is 9.84 Å². The van der Waals surface area contributed by atoms with Crippen molar-refractivity contribution in [3.63, 3.8) is 0 Å². The van der Waals surface area contributed by atoms with E-state index in [1.165, 1.54) is 6.07 Å². The topological polar surface area (TPSA) is 83.7 Å². The van der Waals surface area contributed by atoms with E-state index in [9.17, 15) is 13.7 Å². The fourth-order valence-corrected chi connectivity index (χ4v) is 4.72. The van der Waals surface area contributed by atoms with Crippen molar-refractivity contribution in [1.82, 2.24) is 9.97 Å². The molecule has 2 heterocycles. The van der Waals surface area contributed by atoms with Gasteiger partial charge in [-0.3, -0.25) is 4.98 Å². The highest BCUT2D eigenvalue weighted by Crippen LogP contribution is 2.31. The molecule has 2 aromatic rings. The number of hydrogen-bond donors (Lipinski definition) is 0. The largest absolute Gasteiger partial charge is 0.255 e. The molecule has 0 amide bonds. The first-order valence-electron chi connectivity index (χ1n) is 7.19. The Morgan fingerprint density at radius 3 is 2.50 bits per heavy atom. The minimum absolute atomic E-state index is 0.0431. The summed E-state index contributed by atoms with van der Waals surface area (Å²) in [6.45, 7) is 0. The Bertz CT molecular complexity index is 820. The first kappa shape index (κ1) is 14.7. The van der Waals surface area contributed by atoms with E-state index >= 15 is 0 Å². The van der Waals surface area contributed by atoms with Crippen molar-refractivity contribution in [1.29, 1.82) is 5.26 Å². The van der Waals surface area contributed by atoms with Gasteiger partial charge in [-0.2, -0.15) is 5.26 Å². The van der Waals surface area contributed by atoms with E-state index in [1.54, 1.807) is 24.4 Å². The molecule has 0 radical (unpaired) electrons. The maximum absolute atomic E-state index is 12.7. The molecule has 0 aromatic carbocycles. The lowest BCUT2D eigenvalue weighted by molar-refractivity contribution is 0.579. The van der Waals surface area contributed by atoms with Crippen LogP contribution in [0.25, 0.3) is 11.4 Å². The standard InChI is InChI=1S/C16H15N3O2S/c17-11-15-16(22(20,21)12-5-1-2-6-12)9-8-14(19-15)13-7-3-4-10-18-13/h3-4,7-10,12H,1-2,5-6H2. The van der Waals surface area contributed by atoms with Gasteiger partial charge in [-0.25, -0.2) is 13.4 Å². The predicted molar refractivity (Wildman–Crippen MR) is 81.6 cm³/mol. The molecule has 2 aromatic heterocycles. The van der Waals surface area contributed by atoms with Crippen molar-refractivity contribution in [3.05, 3.63) is 42.2 Å². The fraction of sp³-hybridized carbons (Fsp3) is 0.312. The maximum atomic E-state index is 12.7. The summed E-state index contributed by atoms with van der Waals surface area (Å²) in [5, 5.41) is 8.91. The number of nitriles is 1. The normalized spacial score (nSPS) is 15.6. The van der Waals surface area contributed by atoms with Crippen LogP contribution in [0.3, 0.4) is 0 Å². The van der Waals surface area contributed by atoms with Crippen LogP contribution in [0.5, 0.6) is 0 Å². The van der Waals surface area contributed by atoms with Crippen LogP contribution >= 0.6 is 0 Å². The lowest BCUT2D eigenvalue weighted by Gasteiger charge is -2.12. The first-order chi connectivity index (χ1) is 10.6. The molecular formula is C16H15N3O2S. The van der Waals surface area contributed by atoms with Gasteiger partial charge < -0.3 is 0 Å². The second-order valence-corrected chi connectivity index (χ2v) is 7.52. The van der Waals surface area contributed by atoms with Crippen LogP contribution in [0.2, 0.25) is 0 Å². The van der Waals surface area contributed by atoms with E-state index in [4.69, 9.17) is 0 Å². The minimum Gasteiger partial charge on any atom is -0.255 e. The monoisotopic (exact) mass is 313 g/mol. The quantitative estimate of drug-likeness (QED) is 0.870. The number of rotatable bonds is 3. The molecule has 0 N–H and O–H groups in total. The lowest BCUT2D eigenvalue weighted by atomic mass is 10.2. The van der Waals surface area contributed by atoms with Gasteiger partial charge in [0.25, 0.3) is 0 Å². The Labute approximate surface area is 129 Å². The first-order valence-corrected chi connectivity index (χ1v) is 8.74. The highest BCUT2D eigenvalue weighted by Gasteiger charge is 2.32. The molecule has 0 bridgehead atoms. The average molecular weight is 313 g/mol. The van der Waals surface area contributed by atoms with Gasteiger partial charge in [-0.15, -0.1) is 0 Å². The molecule has 1 fully saturated rings.